The Morgan fingerprint density at radius 1 is 1.47 bits per heavy atom. The van der Waals surface area contributed by atoms with Crippen molar-refractivity contribution in [2.45, 2.75) is 32.2 Å². The van der Waals surface area contributed by atoms with E-state index >= 15 is 0 Å². The molecule has 0 saturated carbocycles. The topological polar surface area (TPSA) is 41.0 Å². The van der Waals surface area contributed by atoms with Crippen LogP contribution in [0.1, 0.15) is 26.2 Å². The van der Waals surface area contributed by atoms with Crippen LogP contribution in [0.5, 0.6) is 0 Å². The highest BCUT2D eigenvalue weighted by Gasteiger charge is 2.18. The van der Waals surface area contributed by atoms with Crippen LogP contribution in [0, 0.1) is 0 Å². The van der Waals surface area contributed by atoms with Crippen molar-refractivity contribution in [1.29, 1.82) is 0 Å². The minimum absolute atomic E-state index is 0.591. The van der Waals surface area contributed by atoms with Crippen molar-refractivity contribution >= 4 is 21.9 Å². The van der Waals surface area contributed by atoms with E-state index in [9.17, 15) is 0 Å². The summed E-state index contributed by atoms with van der Waals surface area (Å²) in [5.41, 5.74) is 0. The van der Waals surface area contributed by atoms with Gasteiger partial charge in [0.15, 0.2) is 0 Å². The molecule has 2 rings (SSSR count). The molecule has 1 aliphatic heterocycles. The fraction of sp³-hybridized carbons (Fsp3) is 0.667. The molecule has 1 atom stereocenters. The van der Waals surface area contributed by atoms with Gasteiger partial charge in [-0.05, 0) is 41.7 Å². The number of anilines is 1. The van der Waals surface area contributed by atoms with Gasteiger partial charge in [0.2, 0.25) is 5.95 Å². The van der Waals surface area contributed by atoms with Gasteiger partial charge in [-0.1, -0.05) is 6.92 Å². The fourth-order valence-corrected chi connectivity index (χ4v) is 2.39. The molecule has 1 fully saturated rings. The Kier molecular flexibility index (Phi) is 4.74. The van der Waals surface area contributed by atoms with Crippen molar-refractivity contribution in [2.75, 3.05) is 24.5 Å². The largest absolute Gasteiger partial charge is 0.339 e. The second kappa shape index (κ2) is 6.31. The van der Waals surface area contributed by atoms with E-state index in [1.807, 2.05) is 12.4 Å². The maximum Gasteiger partial charge on any atom is 0.225 e. The summed E-state index contributed by atoms with van der Waals surface area (Å²) in [7, 11) is 0. The summed E-state index contributed by atoms with van der Waals surface area (Å²) in [4.78, 5) is 11.0. The molecule has 0 radical (unpaired) electrons. The van der Waals surface area contributed by atoms with Gasteiger partial charge in [-0.3, -0.25) is 0 Å². The zero-order chi connectivity index (χ0) is 12.1. The summed E-state index contributed by atoms with van der Waals surface area (Å²) in [5.74, 6) is 0.837. The van der Waals surface area contributed by atoms with Gasteiger partial charge in [-0.15, -0.1) is 0 Å². The number of halogens is 1. The highest BCUT2D eigenvalue weighted by molar-refractivity contribution is 9.10. The highest BCUT2D eigenvalue weighted by atomic mass is 79.9. The summed E-state index contributed by atoms with van der Waals surface area (Å²) in [6.07, 6.45) is 7.29. The third-order valence-electron chi connectivity index (χ3n) is 2.99. The Hall–Kier alpha value is -0.680. The molecular weight excluding hydrogens is 280 g/mol. The van der Waals surface area contributed by atoms with Crippen molar-refractivity contribution < 1.29 is 0 Å². The molecular formula is C12H19BrN4. The van der Waals surface area contributed by atoms with Crippen LogP contribution in [0.15, 0.2) is 16.9 Å². The van der Waals surface area contributed by atoms with Crippen molar-refractivity contribution in [2.24, 2.45) is 0 Å². The third kappa shape index (κ3) is 3.64. The molecule has 17 heavy (non-hydrogen) atoms. The molecule has 1 N–H and O–H groups in total. The van der Waals surface area contributed by atoms with E-state index in [4.69, 9.17) is 0 Å². The van der Waals surface area contributed by atoms with E-state index in [2.05, 4.69) is 43.0 Å². The molecule has 1 saturated heterocycles. The van der Waals surface area contributed by atoms with E-state index in [-0.39, 0.29) is 0 Å². The average molecular weight is 299 g/mol. The van der Waals surface area contributed by atoms with Crippen LogP contribution in [0.2, 0.25) is 0 Å². The molecule has 4 nitrogen and oxygen atoms in total. The Bertz CT molecular complexity index is 335. The normalized spacial score (nSPS) is 19.5. The summed E-state index contributed by atoms with van der Waals surface area (Å²) in [6, 6.07) is 0.591. The van der Waals surface area contributed by atoms with Crippen molar-refractivity contribution in [1.82, 2.24) is 15.3 Å². The molecule has 1 aromatic heterocycles. The lowest BCUT2D eigenvalue weighted by Gasteiger charge is -2.25. The molecule has 5 heteroatoms. The van der Waals surface area contributed by atoms with E-state index in [0.717, 1.165) is 36.5 Å². The summed E-state index contributed by atoms with van der Waals surface area (Å²) >= 11 is 3.37. The molecule has 0 bridgehead atoms. The second-order valence-corrected chi connectivity index (χ2v) is 5.36. The van der Waals surface area contributed by atoms with Crippen LogP contribution < -0.4 is 10.2 Å². The zero-order valence-electron chi connectivity index (χ0n) is 10.2. The van der Waals surface area contributed by atoms with Crippen molar-refractivity contribution in [3.05, 3.63) is 16.9 Å². The van der Waals surface area contributed by atoms with Gasteiger partial charge in [0.25, 0.3) is 0 Å². The highest BCUT2D eigenvalue weighted by Crippen LogP contribution is 2.14. The molecule has 0 amide bonds. The molecule has 1 unspecified atom stereocenters. The number of hydrogen-bond acceptors (Lipinski definition) is 4. The van der Waals surface area contributed by atoms with Crippen LogP contribution >= 0.6 is 15.9 Å². The van der Waals surface area contributed by atoms with Crippen molar-refractivity contribution in [3.8, 4) is 0 Å². The van der Waals surface area contributed by atoms with Gasteiger partial charge in [0.1, 0.15) is 0 Å². The second-order valence-electron chi connectivity index (χ2n) is 4.44. The van der Waals surface area contributed by atoms with Gasteiger partial charge in [-0.2, -0.15) is 0 Å². The first-order chi connectivity index (χ1) is 8.29. The first-order valence-electron chi connectivity index (χ1n) is 6.25. The molecule has 1 aliphatic rings. The van der Waals surface area contributed by atoms with Crippen molar-refractivity contribution in [3.63, 3.8) is 0 Å². The van der Waals surface area contributed by atoms with E-state index in [0.29, 0.717) is 6.04 Å². The number of nitrogens with zero attached hydrogens (tertiary/aromatic N) is 3. The van der Waals surface area contributed by atoms with Crippen LogP contribution in [0.3, 0.4) is 0 Å². The zero-order valence-corrected chi connectivity index (χ0v) is 11.8. The van der Waals surface area contributed by atoms with Crippen LogP contribution in [-0.4, -0.2) is 35.6 Å². The molecule has 1 aromatic rings. The number of hydrogen-bond donors (Lipinski definition) is 1. The Labute approximate surface area is 111 Å². The third-order valence-corrected chi connectivity index (χ3v) is 3.40. The summed E-state index contributed by atoms with van der Waals surface area (Å²) < 4.78 is 0.927. The van der Waals surface area contributed by atoms with Gasteiger partial charge in [0, 0.05) is 31.5 Å². The SMILES string of the molecule is CCCN(CC1CCCN1)c1ncc(Br)cn1. The van der Waals surface area contributed by atoms with E-state index in [1.165, 1.54) is 12.8 Å². The first-order valence-corrected chi connectivity index (χ1v) is 7.04. The molecule has 0 aliphatic carbocycles. The standard InChI is InChI=1S/C12H19BrN4/c1-2-6-17(9-11-4-3-5-14-11)12-15-7-10(13)8-16-12/h7-8,11,14H,2-6,9H2,1H3. The van der Waals surface area contributed by atoms with Crippen LogP contribution in [-0.2, 0) is 0 Å². The Morgan fingerprint density at radius 3 is 2.82 bits per heavy atom. The monoisotopic (exact) mass is 298 g/mol. The minimum Gasteiger partial charge on any atom is -0.339 e. The average Bonchev–Trinajstić information content (AvgIpc) is 2.82. The van der Waals surface area contributed by atoms with Gasteiger partial charge < -0.3 is 10.2 Å². The minimum atomic E-state index is 0.591. The van der Waals surface area contributed by atoms with E-state index in [1.54, 1.807) is 0 Å². The number of nitrogens with one attached hydrogen (secondary N) is 1. The molecule has 0 spiro atoms. The lowest BCUT2D eigenvalue weighted by molar-refractivity contribution is 0.571. The van der Waals surface area contributed by atoms with Gasteiger partial charge in [0.05, 0.1) is 4.47 Å². The Balaban J connectivity index is 2.02. The van der Waals surface area contributed by atoms with Crippen LogP contribution in [0.4, 0.5) is 5.95 Å². The number of rotatable bonds is 5. The van der Waals surface area contributed by atoms with Gasteiger partial charge in [-0.25, -0.2) is 9.97 Å². The predicted molar refractivity (Wildman–Crippen MR) is 73.3 cm³/mol. The van der Waals surface area contributed by atoms with Gasteiger partial charge >= 0.3 is 0 Å². The molecule has 2 heterocycles. The number of aromatic nitrogens is 2. The summed E-state index contributed by atoms with van der Waals surface area (Å²) in [6.45, 7) is 5.36. The van der Waals surface area contributed by atoms with E-state index < -0.39 is 0 Å². The quantitative estimate of drug-likeness (QED) is 0.905. The maximum absolute atomic E-state index is 4.38. The summed E-state index contributed by atoms with van der Waals surface area (Å²) in [5, 5.41) is 3.52. The lowest BCUT2D eigenvalue weighted by Crippen LogP contribution is -2.38. The molecule has 0 aromatic carbocycles. The fourth-order valence-electron chi connectivity index (χ4n) is 2.19. The predicted octanol–water partition coefficient (Wildman–Crippen LogP) is 2.21. The maximum atomic E-state index is 4.38. The lowest BCUT2D eigenvalue weighted by atomic mass is 10.2. The first kappa shape index (κ1) is 12.8. The smallest absolute Gasteiger partial charge is 0.225 e. The van der Waals surface area contributed by atoms with Crippen LogP contribution in [0.25, 0.3) is 0 Å². The molecule has 94 valence electrons. The Morgan fingerprint density at radius 2 is 2.24 bits per heavy atom.